The van der Waals surface area contributed by atoms with Crippen molar-refractivity contribution in [1.82, 2.24) is 9.62 Å². The van der Waals surface area contributed by atoms with Gasteiger partial charge in [0.25, 0.3) is 0 Å². The van der Waals surface area contributed by atoms with E-state index in [1.165, 1.54) is 23.5 Å². The van der Waals surface area contributed by atoms with E-state index in [-0.39, 0.29) is 23.3 Å². The van der Waals surface area contributed by atoms with Gasteiger partial charge in [-0.3, -0.25) is 0 Å². The summed E-state index contributed by atoms with van der Waals surface area (Å²) in [7, 11) is -2.39. The molecule has 2 aliphatic heterocycles. The van der Waals surface area contributed by atoms with E-state index < -0.39 is 22.1 Å². The minimum atomic E-state index is -4.86. The fourth-order valence-electron chi connectivity index (χ4n) is 3.52. The molecule has 0 aromatic heterocycles. The van der Waals surface area contributed by atoms with Gasteiger partial charge in [-0.25, -0.2) is 8.42 Å². The second kappa shape index (κ2) is 7.30. The number of fused-ring (bicyclic) bond motifs is 2. The summed E-state index contributed by atoms with van der Waals surface area (Å²) in [5.74, 6) is -0.539. The van der Waals surface area contributed by atoms with Crippen molar-refractivity contribution in [3.8, 4) is 5.75 Å². The largest absolute Gasteiger partial charge is 0.573 e. The van der Waals surface area contributed by atoms with Gasteiger partial charge in [0.15, 0.2) is 0 Å². The van der Waals surface area contributed by atoms with Crippen LogP contribution < -0.4 is 10.1 Å². The minimum Gasteiger partial charge on any atom is -0.406 e. The van der Waals surface area contributed by atoms with Crippen LogP contribution in [0.5, 0.6) is 5.75 Å². The summed E-state index contributed by atoms with van der Waals surface area (Å²) >= 11 is 0. The summed E-state index contributed by atoms with van der Waals surface area (Å²) in [4.78, 5) is -0.197. The van der Waals surface area contributed by atoms with E-state index in [2.05, 4.69) is 10.1 Å². The molecule has 2 saturated heterocycles. The Hall–Kier alpha value is -1.03. The topological polar surface area (TPSA) is 58.6 Å². The van der Waals surface area contributed by atoms with E-state index in [1.807, 2.05) is 0 Å². The number of nitrogens with zero attached hydrogens (tertiary/aromatic N) is 1. The predicted molar refractivity (Wildman–Crippen MR) is 88.3 cm³/mol. The maximum Gasteiger partial charge on any atom is 0.573 e. The van der Waals surface area contributed by atoms with Crippen LogP contribution in [-0.2, 0) is 10.0 Å². The maximum atomic E-state index is 12.8. The molecule has 3 rings (SSSR count). The number of sulfonamides is 1. The number of nitrogens with one attached hydrogen (secondary N) is 1. The lowest BCUT2D eigenvalue weighted by atomic mass is 10.0. The van der Waals surface area contributed by atoms with E-state index in [4.69, 9.17) is 0 Å². The minimum absolute atomic E-state index is 0. The van der Waals surface area contributed by atoms with Crippen molar-refractivity contribution in [2.45, 2.75) is 55.1 Å². The maximum absolute atomic E-state index is 12.8. The van der Waals surface area contributed by atoms with Gasteiger partial charge in [0, 0.05) is 31.2 Å². The monoisotopic (exact) mass is 400 g/mol. The Balaban J connectivity index is 0.00000225. The fourth-order valence-corrected chi connectivity index (χ4v) is 4.93. The molecule has 142 valence electrons. The van der Waals surface area contributed by atoms with Gasteiger partial charge in [0.1, 0.15) is 5.75 Å². The summed E-state index contributed by atoms with van der Waals surface area (Å²) in [5, 5.41) is 3.43. The highest BCUT2D eigenvalue weighted by Crippen LogP contribution is 2.32. The van der Waals surface area contributed by atoms with Crippen molar-refractivity contribution in [1.29, 1.82) is 0 Å². The van der Waals surface area contributed by atoms with Crippen molar-refractivity contribution < 1.29 is 26.3 Å². The third-order valence-corrected chi connectivity index (χ3v) is 6.58. The summed E-state index contributed by atoms with van der Waals surface area (Å²) < 4.78 is 67.6. The summed E-state index contributed by atoms with van der Waals surface area (Å²) in [6, 6.07) is 4.99. The van der Waals surface area contributed by atoms with Gasteiger partial charge in [0.2, 0.25) is 10.0 Å². The molecule has 2 fully saturated rings. The molecular formula is C15H20ClF3N2O3S. The molecule has 2 heterocycles. The molecule has 0 radical (unpaired) electrons. The highest BCUT2D eigenvalue weighted by molar-refractivity contribution is 7.89. The fraction of sp³-hybridized carbons (Fsp3) is 0.600. The van der Waals surface area contributed by atoms with Crippen molar-refractivity contribution in [2.75, 3.05) is 7.05 Å². The Morgan fingerprint density at radius 1 is 1.20 bits per heavy atom. The van der Waals surface area contributed by atoms with E-state index in [0.29, 0.717) is 24.9 Å². The van der Waals surface area contributed by atoms with E-state index in [0.717, 1.165) is 25.0 Å². The smallest absolute Gasteiger partial charge is 0.406 e. The first-order valence-electron chi connectivity index (χ1n) is 7.75. The van der Waals surface area contributed by atoms with Crippen LogP contribution in [0.1, 0.15) is 25.7 Å². The lowest BCUT2D eigenvalue weighted by molar-refractivity contribution is -0.274. The number of piperidine rings is 1. The zero-order chi connectivity index (χ0) is 17.5. The predicted octanol–water partition coefficient (Wildman–Crippen LogP) is 2.91. The molecule has 0 saturated carbocycles. The quantitative estimate of drug-likeness (QED) is 0.844. The molecule has 0 spiro atoms. The number of benzene rings is 1. The third-order valence-electron chi connectivity index (χ3n) is 4.68. The molecule has 0 aliphatic carbocycles. The van der Waals surface area contributed by atoms with E-state index in [9.17, 15) is 21.6 Å². The van der Waals surface area contributed by atoms with Gasteiger partial charge in [-0.05, 0) is 37.8 Å². The molecule has 2 unspecified atom stereocenters. The summed E-state index contributed by atoms with van der Waals surface area (Å²) in [5.41, 5.74) is 0. The van der Waals surface area contributed by atoms with Gasteiger partial charge >= 0.3 is 6.36 Å². The lowest BCUT2D eigenvalue weighted by Crippen LogP contribution is -2.48. The molecule has 1 aromatic carbocycles. The van der Waals surface area contributed by atoms with Crippen LogP contribution in [0.2, 0.25) is 0 Å². The molecule has 5 nitrogen and oxygen atoms in total. The SMILES string of the molecule is CN(C1CC2CCC(C1)N2)S(=O)(=O)c1cccc(OC(F)(F)F)c1.Cl. The van der Waals surface area contributed by atoms with Crippen molar-refractivity contribution in [3.63, 3.8) is 0 Å². The van der Waals surface area contributed by atoms with Crippen molar-refractivity contribution in [3.05, 3.63) is 24.3 Å². The van der Waals surface area contributed by atoms with Crippen LogP contribution in [0.4, 0.5) is 13.2 Å². The summed E-state index contributed by atoms with van der Waals surface area (Å²) in [6.45, 7) is 0. The van der Waals surface area contributed by atoms with Gasteiger partial charge in [0.05, 0.1) is 4.90 Å². The summed E-state index contributed by atoms with van der Waals surface area (Å²) in [6.07, 6.45) is -1.37. The number of hydrogen-bond acceptors (Lipinski definition) is 4. The molecule has 2 atom stereocenters. The Bertz CT molecular complexity index is 702. The third kappa shape index (κ3) is 4.58. The Kier molecular flexibility index (Phi) is 5.92. The highest BCUT2D eigenvalue weighted by Gasteiger charge is 2.39. The first-order chi connectivity index (χ1) is 11.1. The normalized spacial score (nSPS) is 26.4. The number of hydrogen-bond donors (Lipinski definition) is 1. The zero-order valence-electron chi connectivity index (χ0n) is 13.5. The highest BCUT2D eigenvalue weighted by atomic mass is 35.5. The molecule has 10 heteroatoms. The van der Waals surface area contributed by atoms with Crippen molar-refractivity contribution in [2.24, 2.45) is 0 Å². The van der Waals surface area contributed by atoms with Gasteiger partial charge in [-0.15, -0.1) is 25.6 Å². The van der Waals surface area contributed by atoms with Crippen LogP contribution in [0, 0.1) is 0 Å². The van der Waals surface area contributed by atoms with Crippen LogP contribution in [0.25, 0.3) is 0 Å². The zero-order valence-corrected chi connectivity index (χ0v) is 15.1. The molecule has 1 N–H and O–H groups in total. The van der Waals surface area contributed by atoms with Gasteiger partial charge in [-0.2, -0.15) is 4.31 Å². The molecule has 1 aromatic rings. The average molecular weight is 401 g/mol. The Labute approximate surface area is 151 Å². The molecule has 2 aliphatic rings. The van der Waals surface area contributed by atoms with Gasteiger partial charge in [-0.1, -0.05) is 6.07 Å². The Morgan fingerprint density at radius 3 is 2.36 bits per heavy atom. The van der Waals surface area contributed by atoms with Gasteiger partial charge < -0.3 is 10.1 Å². The average Bonchev–Trinajstić information content (AvgIpc) is 2.83. The first-order valence-corrected chi connectivity index (χ1v) is 9.19. The first kappa shape index (κ1) is 20.3. The number of alkyl halides is 3. The van der Waals surface area contributed by atoms with Crippen LogP contribution >= 0.6 is 12.4 Å². The van der Waals surface area contributed by atoms with Crippen molar-refractivity contribution >= 4 is 22.4 Å². The standard InChI is InChI=1S/C15H19F3N2O3S.ClH/c1-20(12-7-10-5-6-11(8-12)19-10)24(21,22)14-4-2-3-13(9-14)23-15(16,17)18;/h2-4,9-12,19H,5-8H2,1H3;1H. The van der Waals surface area contributed by atoms with E-state index >= 15 is 0 Å². The number of rotatable bonds is 4. The molecule has 25 heavy (non-hydrogen) atoms. The Morgan fingerprint density at radius 2 is 1.80 bits per heavy atom. The number of ether oxygens (including phenoxy) is 1. The van der Waals surface area contributed by atoms with Crippen LogP contribution in [-0.4, -0.2) is 44.3 Å². The lowest BCUT2D eigenvalue weighted by Gasteiger charge is -2.34. The van der Waals surface area contributed by atoms with Crippen LogP contribution in [0.15, 0.2) is 29.2 Å². The van der Waals surface area contributed by atoms with Crippen LogP contribution in [0.3, 0.4) is 0 Å². The molecule has 2 bridgehead atoms. The number of halogens is 4. The second-order valence-corrected chi connectivity index (χ2v) is 8.30. The van der Waals surface area contributed by atoms with E-state index in [1.54, 1.807) is 0 Å². The molecular weight excluding hydrogens is 381 g/mol. The molecule has 0 amide bonds. The second-order valence-electron chi connectivity index (χ2n) is 6.31.